The number of thioether (sulfide) groups is 1. The van der Waals surface area contributed by atoms with E-state index in [1.165, 1.54) is 0 Å². The van der Waals surface area contributed by atoms with Gasteiger partial charge in [-0.2, -0.15) is 0 Å². The van der Waals surface area contributed by atoms with Crippen molar-refractivity contribution in [3.63, 3.8) is 0 Å². The van der Waals surface area contributed by atoms with Gasteiger partial charge in [0.1, 0.15) is 13.2 Å². The van der Waals surface area contributed by atoms with Crippen LogP contribution in [-0.2, 0) is 0 Å². The lowest BCUT2D eigenvalue weighted by atomic mass is 10.2. The minimum Gasteiger partial charge on any atom is -0.486 e. The Morgan fingerprint density at radius 1 is 1.08 bits per heavy atom. The molecule has 7 nitrogen and oxygen atoms in total. The van der Waals surface area contributed by atoms with Crippen LogP contribution in [0.3, 0.4) is 0 Å². The Morgan fingerprint density at radius 3 is 2.77 bits per heavy atom. The van der Waals surface area contributed by atoms with Crippen LogP contribution >= 0.6 is 11.8 Å². The second-order valence-electron chi connectivity index (χ2n) is 5.46. The van der Waals surface area contributed by atoms with Crippen molar-refractivity contribution in [2.24, 2.45) is 0 Å². The van der Waals surface area contributed by atoms with Gasteiger partial charge in [0.05, 0.1) is 0 Å². The number of carbonyl (C=O) groups is 1. The molecule has 1 aromatic heterocycles. The Balaban J connectivity index is 1.51. The summed E-state index contributed by atoms with van der Waals surface area (Å²) in [6.07, 6.45) is 1.99. The van der Waals surface area contributed by atoms with Crippen LogP contribution in [0.5, 0.6) is 11.5 Å². The first-order valence-electron chi connectivity index (χ1n) is 7.92. The second-order valence-corrected chi connectivity index (χ2v) is 6.34. The smallest absolute Gasteiger partial charge is 0.322 e. The van der Waals surface area contributed by atoms with Gasteiger partial charge < -0.3 is 13.9 Å². The van der Waals surface area contributed by atoms with E-state index in [1.807, 2.05) is 30.5 Å². The highest BCUT2D eigenvalue weighted by Gasteiger charge is 2.17. The fourth-order valence-electron chi connectivity index (χ4n) is 2.50. The molecule has 26 heavy (non-hydrogen) atoms. The number of amides is 1. The van der Waals surface area contributed by atoms with Crippen LogP contribution in [0.25, 0.3) is 11.5 Å². The molecule has 132 valence electrons. The van der Waals surface area contributed by atoms with Gasteiger partial charge in [0, 0.05) is 16.0 Å². The van der Waals surface area contributed by atoms with Crippen molar-refractivity contribution in [3.05, 3.63) is 48.0 Å². The largest absolute Gasteiger partial charge is 0.486 e. The van der Waals surface area contributed by atoms with E-state index >= 15 is 0 Å². The summed E-state index contributed by atoms with van der Waals surface area (Å²) in [6.45, 7) is 0.960. The van der Waals surface area contributed by atoms with E-state index in [1.54, 1.807) is 30.0 Å². The molecule has 3 aromatic rings. The minimum atomic E-state index is -0.366. The number of rotatable bonds is 4. The quantitative estimate of drug-likeness (QED) is 0.705. The van der Waals surface area contributed by atoms with Crippen molar-refractivity contribution in [2.75, 3.05) is 24.8 Å². The Bertz CT molecular complexity index is 957. The van der Waals surface area contributed by atoms with E-state index < -0.39 is 0 Å². The molecule has 0 spiro atoms. The fraction of sp³-hybridized carbons (Fsp3) is 0.167. The number of hydrogen-bond donors (Lipinski definition) is 1. The molecule has 0 saturated carbocycles. The number of hydrogen-bond acceptors (Lipinski definition) is 7. The molecule has 1 N–H and O–H groups in total. The normalized spacial score (nSPS) is 12.7. The van der Waals surface area contributed by atoms with E-state index in [4.69, 9.17) is 13.9 Å². The summed E-state index contributed by atoms with van der Waals surface area (Å²) in [6, 6.07) is 12.8. The lowest BCUT2D eigenvalue weighted by molar-refractivity contribution is 0.102. The van der Waals surface area contributed by atoms with E-state index in [0.717, 1.165) is 10.5 Å². The lowest BCUT2D eigenvalue weighted by Gasteiger charge is -2.18. The third-order valence-corrected chi connectivity index (χ3v) is 4.49. The molecule has 0 unspecified atom stereocenters. The average molecular weight is 369 g/mol. The summed E-state index contributed by atoms with van der Waals surface area (Å²) in [5.74, 6) is 1.15. The highest BCUT2D eigenvalue weighted by atomic mass is 32.2. The summed E-state index contributed by atoms with van der Waals surface area (Å²) >= 11 is 1.62. The first-order valence-corrected chi connectivity index (χ1v) is 9.14. The number of aromatic nitrogens is 2. The van der Waals surface area contributed by atoms with Gasteiger partial charge in [-0.15, -0.1) is 16.9 Å². The highest BCUT2D eigenvalue weighted by Crippen LogP contribution is 2.31. The van der Waals surface area contributed by atoms with E-state index in [9.17, 15) is 4.79 Å². The highest BCUT2D eigenvalue weighted by molar-refractivity contribution is 7.98. The van der Waals surface area contributed by atoms with Gasteiger partial charge in [0.2, 0.25) is 5.89 Å². The molecule has 1 aliphatic heterocycles. The van der Waals surface area contributed by atoms with Gasteiger partial charge in [-0.1, -0.05) is 11.2 Å². The molecule has 0 bridgehead atoms. The van der Waals surface area contributed by atoms with Crippen LogP contribution in [0.4, 0.5) is 6.01 Å². The summed E-state index contributed by atoms with van der Waals surface area (Å²) in [7, 11) is 0. The maximum Gasteiger partial charge on any atom is 0.322 e. The molecule has 0 fully saturated rings. The van der Waals surface area contributed by atoms with Crippen LogP contribution in [-0.4, -0.2) is 35.6 Å². The Kier molecular flexibility index (Phi) is 4.49. The first kappa shape index (κ1) is 16.5. The molecule has 2 heterocycles. The van der Waals surface area contributed by atoms with Gasteiger partial charge in [-0.25, -0.2) is 0 Å². The SMILES string of the molecule is CSc1cccc(-c2nnc(NC(=O)c3ccc4c(c3)OCCO4)o2)c1. The van der Waals surface area contributed by atoms with Gasteiger partial charge in [0.25, 0.3) is 5.91 Å². The summed E-state index contributed by atoms with van der Waals surface area (Å²) < 4.78 is 16.5. The number of benzene rings is 2. The van der Waals surface area contributed by atoms with Gasteiger partial charge in [0.15, 0.2) is 11.5 Å². The predicted octanol–water partition coefficient (Wildman–Crippen LogP) is 3.48. The number of ether oxygens (including phenoxy) is 2. The van der Waals surface area contributed by atoms with E-state index in [-0.39, 0.29) is 11.9 Å². The maximum absolute atomic E-state index is 12.4. The third kappa shape index (κ3) is 3.36. The van der Waals surface area contributed by atoms with E-state index in [0.29, 0.717) is 36.2 Å². The van der Waals surface area contributed by atoms with Crippen molar-refractivity contribution >= 4 is 23.7 Å². The van der Waals surface area contributed by atoms with Crippen LogP contribution in [0.15, 0.2) is 51.8 Å². The molecular weight excluding hydrogens is 354 g/mol. The lowest BCUT2D eigenvalue weighted by Crippen LogP contribution is -2.17. The summed E-state index contributed by atoms with van der Waals surface area (Å²) in [4.78, 5) is 13.5. The standard InChI is InChI=1S/C18H15N3O4S/c1-26-13-4-2-3-12(9-13)17-20-21-18(25-17)19-16(22)11-5-6-14-15(10-11)24-8-7-23-14/h2-6,9-10H,7-8H2,1H3,(H,19,21,22). The Labute approximate surface area is 153 Å². The molecule has 4 rings (SSSR count). The van der Waals surface area contributed by atoms with Crippen LogP contribution in [0.1, 0.15) is 10.4 Å². The zero-order chi connectivity index (χ0) is 17.9. The third-order valence-electron chi connectivity index (χ3n) is 3.77. The van der Waals surface area contributed by atoms with Crippen molar-refractivity contribution in [1.29, 1.82) is 0 Å². The van der Waals surface area contributed by atoms with Crippen LogP contribution in [0, 0.1) is 0 Å². The first-order chi connectivity index (χ1) is 12.7. The van der Waals surface area contributed by atoms with Gasteiger partial charge in [-0.05, 0) is 42.7 Å². The number of fused-ring (bicyclic) bond motifs is 1. The van der Waals surface area contributed by atoms with Crippen molar-refractivity contribution in [2.45, 2.75) is 4.90 Å². The molecule has 0 radical (unpaired) electrons. The fourth-order valence-corrected chi connectivity index (χ4v) is 2.96. The number of carbonyl (C=O) groups excluding carboxylic acids is 1. The average Bonchev–Trinajstić information content (AvgIpc) is 3.16. The Morgan fingerprint density at radius 2 is 1.92 bits per heavy atom. The maximum atomic E-state index is 12.4. The number of anilines is 1. The zero-order valence-electron chi connectivity index (χ0n) is 13.9. The summed E-state index contributed by atoms with van der Waals surface area (Å²) in [5.41, 5.74) is 1.21. The molecule has 2 aromatic carbocycles. The van der Waals surface area contributed by atoms with Gasteiger partial charge >= 0.3 is 6.01 Å². The second kappa shape index (κ2) is 7.09. The number of nitrogens with zero attached hydrogens (tertiary/aromatic N) is 2. The molecule has 8 heteroatoms. The minimum absolute atomic E-state index is 0.0365. The molecular formula is C18H15N3O4S. The monoisotopic (exact) mass is 369 g/mol. The Hall–Kier alpha value is -3.00. The van der Waals surface area contributed by atoms with Crippen molar-refractivity contribution < 1.29 is 18.7 Å². The molecule has 1 amide bonds. The van der Waals surface area contributed by atoms with Crippen molar-refractivity contribution in [1.82, 2.24) is 10.2 Å². The molecule has 0 saturated heterocycles. The van der Waals surface area contributed by atoms with E-state index in [2.05, 4.69) is 15.5 Å². The predicted molar refractivity (Wildman–Crippen MR) is 96.9 cm³/mol. The molecule has 0 aliphatic carbocycles. The van der Waals surface area contributed by atoms with Gasteiger partial charge in [-0.3, -0.25) is 10.1 Å². The molecule has 1 aliphatic rings. The van der Waals surface area contributed by atoms with Crippen molar-refractivity contribution in [3.8, 4) is 23.0 Å². The summed E-state index contributed by atoms with van der Waals surface area (Å²) in [5, 5.41) is 10.5. The topological polar surface area (TPSA) is 86.5 Å². The van der Waals surface area contributed by atoms with Crippen LogP contribution in [0.2, 0.25) is 0 Å². The van der Waals surface area contributed by atoms with Crippen LogP contribution < -0.4 is 14.8 Å². The zero-order valence-corrected chi connectivity index (χ0v) is 14.7. The number of nitrogens with one attached hydrogen (secondary N) is 1. The molecule has 0 atom stereocenters.